The zero-order valence-electron chi connectivity index (χ0n) is 27.8. The van der Waals surface area contributed by atoms with Gasteiger partial charge in [0.2, 0.25) is 0 Å². The van der Waals surface area contributed by atoms with Gasteiger partial charge in [-0.15, -0.1) is 10.0 Å². The molecular formula is C45H34BN2S. The SMILES string of the molecule is Cc1cc(-c2cccc(C)c2Nc2ccccc2C)c2c(c1)N1c3ccccc3S3(c4ccccc4-c4ccccc43)c3cccc(c31)[B]2. The maximum Gasteiger partial charge on any atom is 0.197 e. The van der Waals surface area contributed by atoms with Gasteiger partial charge in [0, 0.05) is 42.2 Å². The molecule has 7 aromatic rings. The smallest absolute Gasteiger partial charge is 0.197 e. The van der Waals surface area contributed by atoms with E-state index in [1.807, 2.05) is 0 Å². The van der Waals surface area contributed by atoms with Crippen molar-refractivity contribution in [2.75, 3.05) is 10.2 Å². The molecule has 10 rings (SSSR count). The van der Waals surface area contributed by atoms with Gasteiger partial charge in [0.15, 0.2) is 7.28 Å². The van der Waals surface area contributed by atoms with Gasteiger partial charge in [0.1, 0.15) is 0 Å². The molecule has 1 spiro atoms. The van der Waals surface area contributed by atoms with Crippen LogP contribution < -0.4 is 21.1 Å². The molecule has 0 atom stereocenters. The predicted molar refractivity (Wildman–Crippen MR) is 208 cm³/mol. The molecule has 7 aromatic carbocycles. The molecule has 2 nitrogen and oxygen atoms in total. The summed E-state index contributed by atoms with van der Waals surface area (Å²) in [6.07, 6.45) is 0. The van der Waals surface area contributed by atoms with Crippen molar-refractivity contribution < 1.29 is 0 Å². The molecule has 233 valence electrons. The van der Waals surface area contributed by atoms with E-state index in [1.165, 1.54) is 86.5 Å². The number of fused-ring (bicyclic) bond motifs is 11. The molecule has 0 saturated heterocycles. The van der Waals surface area contributed by atoms with Gasteiger partial charge in [-0.2, -0.15) is 0 Å². The van der Waals surface area contributed by atoms with Gasteiger partial charge in [0.25, 0.3) is 0 Å². The summed E-state index contributed by atoms with van der Waals surface area (Å²) >= 11 is 0. The Morgan fingerprint density at radius 3 is 1.90 bits per heavy atom. The van der Waals surface area contributed by atoms with Gasteiger partial charge in [-0.1, -0.05) is 109 Å². The average molecular weight is 646 g/mol. The number of rotatable bonds is 3. The molecule has 0 unspecified atom stereocenters. The number of anilines is 5. The highest BCUT2D eigenvalue weighted by molar-refractivity contribution is 8.34. The van der Waals surface area contributed by atoms with Crippen LogP contribution in [0, 0.1) is 20.8 Å². The number of benzene rings is 7. The summed E-state index contributed by atoms with van der Waals surface area (Å²) in [5, 5.41) is 3.84. The third kappa shape index (κ3) is 3.87. The van der Waals surface area contributed by atoms with Crippen LogP contribution in [0.2, 0.25) is 0 Å². The minimum atomic E-state index is -1.73. The number of nitrogens with zero attached hydrogens (tertiary/aromatic N) is 1. The Hall–Kier alpha value is -5.45. The molecule has 3 aliphatic rings. The minimum absolute atomic E-state index is 1.13. The van der Waals surface area contributed by atoms with E-state index in [9.17, 15) is 0 Å². The van der Waals surface area contributed by atoms with E-state index in [4.69, 9.17) is 0 Å². The van der Waals surface area contributed by atoms with Gasteiger partial charge in [-0.25, -0.2) is 0 Å². The molecule has 0 aliphatic carbocycles. The van der Waals surface area contributed by atoms with Crippen molar-refractivity contribution in [2.45, 2.75) is 40.4 Å². The van der Waals surface area contributed by atoms with Crippen molar-refractivity contribution in [1.82, 2.24) is 0 Å². The summed E-state index contributed by atoms with van der Waals surface area (Å²) in [4.78, 5) is 8.30. The highest BCUT2D eigenvalue weighted by Gasteiger charge is 2.49. The highest BCUT2D eigenvalue weighted by atomic mass is 32.3. The number of hydrogen-bond acceptors (Lipinski definition) is 2. The van der Waals surface area contributed by atoms with Crippen molar-refractivity contribution in [3.63, 3.8) is 0 Å². The van der Waals surface area contributed by atoms with E-state index in [1.54, 1.807) is 0 Å². The van der Waals surface area contributed by atoms with Gasteiger partial charge in [0.05, 0.1) is 11.4 Å². The molecule has 4 heteroatoms. The zero-order chi connectivity index (χ0) is 32.9. The van der Waals surface area contributed by atoms with Crippen molar-refractivity contribution in [3.05, 3.63) is 162 Å². The Labute approximate surface area is 290 Å². The topological polar surface area (TPSA) is 15.3 Å². The summed E-state index contributed by atoms with van der Waals surface area (Å²) < 4.78 is 0. The lowest BCUT2D eigenvalue weighted by atomic mass is 9.58. The lowest BCUT2D eigenvalue weighted by molar-refractivity contribution is 1.14. The average Bonchev–Trinajstić information content (AvgIpc) is 3.42. The maximum atomic E-state index is 3.84. The molecule has 0 aromatic heterocycles. The third-order valence-electron chi connectivity index (χ3n) is 10.6. The Morgan fingerprint density at radius 1 is 0.510 bits per heavy atom. The summed E-state index contributed by atoms with van der Waals surface area (Å²) in [5.41, 5.74) is 17.5. The van der Waals surface area contributed by atoms with E-state index in [0.717, 1.165) is 11.4 Å². The Kier molecular flexibility index (Phi) is 6.13. The molecule has 1 radical (unpaired) electrons. The third-order valence-corrected chi connectivity index (χ3v) is 14.6. The molecule has 0 fully saturated rings. The zero-order valence-corrected chi connectivity index (χ0v) is 28.6. The van der Waals surface area contributed by atoms with Crippen LogP contribution in [0.15, 0.2) is 165 Å². The lowest BCUT2D eigenvalue weighted by Gasteiger charge is -2.50. The Bertz CT molecular complexity index is 2470. The number of hydrogen-bond donors (Lipinski definition) is 1. The predicted octanol–water partition coefficient (Wildman–Crippen LogP) is 11.1. The van der Waals surface area contributed by atoms with Crippen molar-refractivity contribution in [2.24, 2.45) is 0 Å². The van der Waals surface area contributed by atoms with Crippen LogP contribution in [0.25, 0.3) is 22.3 Å². The van der Waals surface area contributed by atoms with E-state index < -0.39 is 10.0 Å². The van der Waals surface area contributed by atoms with Gasteiger partial charge in [-0.3, -0.25) is 0 Å². The first-order valence-corrected chi connectivity index (χ1v) is 18.6. The highest BCUT2D eigenvalue weighted by Crippen LogP contribution is 2.84. The fourth-order valence-electron chi connectivity index (χ4n) is 8.44. The molecule has 3 heterocycles. The molecule has 0 bridgehead atoms. The van der Waals surface area contributed by atoms with Crippen LogP contribution in [0.3, 0.4) is 0 Å². The normalized spacial score (nSPS) is 14.6. The van der Waals surface area contributed by atoms with Crippen LogP contribution in [0.4, 0.5) is 28.4 Å². The van der Waals surface area contributed by atoms with E-state index in [2.05, 4.69) is 184 Å². The monoisotopic (exact) mass is 645 g/mol. The second-order valence-electron chi connectivity index (χ2n) is 13.4. The number of aryl methyl sites for hydroxylation is 3. The summed E-state index contributed by atoms with van der Waals surface area (Å²) in [5.74, 6) is 0. The van der Waals surface area contributed by atoms with Crippen LogP contribution in [-0.2, 0) is 0 Å². The second-order valence-corrected chi connectivity index (χ2v) is 16.4. The fraction of sp³-hybridized carbons (Fsp3) is 0.0667. The first-order valence-electron chi connectivity index (χ1n) is 17.0. The first kappa shape index (κ1) is 28.6. The minimum Gasteiger partial charge on any atom is -0.355 e. The standard InChI is InChI=1S/C45H34BN2S/c1-28-26-34(33-18-12-15-30(3)44(33)47-36-20-7-4-14-29(36)2)43-38(27-28)48-37-21-8-11-24-41(37)49(42-25-13-19-35(46-43)45(42)48)39-22-9-5-16-31(39)32-17-6-10-23-40(32)49/h4-27,47H,1-3H3. The first-order chi connectivity index (χ1) is 24.1. The molecule has 49 heavy (non-hydrogen) atoms. The quantitative estimate of drug-likeness (QED) is 0.192. The van der Waals surface area contributed by atoms with Gasteiger partial charge in [-0.05, 0) is 102 Å². The van der Waals surface area contributed by atoms with Crippen molar-refractivity contribution in [1.29, 1.82) is 0 Å². The van der Waals surface area contributed by atoms with Crippen molar-refractivity contribution in [3.8, 4) is 22.3 Å². The molecule has 1 N–H and O–H groups in total. The summed E-state index contributed by atoms with van der Waals surface area (Å²) in [6, 6.07) is 54.4. The van der Waals surface area contributed by atoms with E-state index >= 15 is 0 Å². The van der Waals surface area contributed by atoms with Gasteiger partial charge < -0.3 is 10.2 Å². The second kappa shape index (κ2) is 10.5. The van der Waals surface area contributed by atoms with E-state index in [-0.39, 0.29) is 0 Å². The Balaban J connectivity index is 1.25. The number of nitrogens with one attached hydrogen (secondary N) is 1. The fourth-order valence-corrected chi connectivity index (χ4v) is 13.0. The van der Waals surface area contributed by atoms with Crippen LogP contribution >= 0.6 is 10.0 Å². The molecule has 3 aliphatic heterocycles. The maximum absolute atomic E-state index is 3.84. The largest absolute Gasteiger partial charge is 0.355 e. The molecule has 0 saturated carbocycles. The summed E-state index contributed by atoms with van der Waals surface area (Å²) in [7, 11) is 0.723. The lowest BCUT2D eigenvalue weighted by Crippen LogP contribution is -2.43. The van der Waals surface area contributed by atoms with Gasteiger partial charge >= 0.3 is 0 Å². The van der Waals surface area contributed by atoms with E-state index in [0.29, 0.717) is 0 Å². The molecular weight excluding hydrogens is 611 g/mol. The Morgan fingerprint density at radius 2 is 1.12 bits per heavy atom. The molecule has 0 amide bonds. The van der Waals surface area contributed by atoms with Crippen LogP contribution in [0.1, 0.15) is 16.7 Å². The van der Waals surface area contributed by atoms with Crippen molar-refractivity contribution >= 4 is 56.7 Å². The van der Waals surface area contributed by atoms with Crippen LogP contribution in [-0.4, -0.2) is 7.28 Å². The number of para-hydroxylation sites is 4. The summed E-state index contributed by atoms with van der Waals surface area (Å²) in [6.45, 7) is 6.61. The van der Waals surface area contributed by atoms with Crippen LogP contribution in [0.5, 0.6) is 0 Å².